The Morgan fingerprint density at radius 3 is 2.75 bits per heavy atom. The monoisotopic (exact) mass is 344 g/mol. The number of fused-ring (bicyclic) bond motifs is 1. The lowest BCUT2D eigenvalue weighted by Gasteiger charge is -2.29. The molecule has 0 unspecified atom stereocenters. The molecule has 0 saturated heterocycles. The highest BCUT2D eigenvalue weighted by Crippen LogP contribution is 2.32. The van der Waals surface area contributed by atoms with E-state index in [1.54, 1.807) is 4.90 Å². The van der Waals surface area contributed by atoms with E-state index in [0.29, 0.717) is 30.6 Å². The molecule has 5 nitrogen and oxygen atoms in total. The van der Waals surface area contributed by atoms with Crippen LogP contribution >= 0.6 is 0 Å². The van der Waals surface area contributed by atoms with Crippen molar-refractivity contribution in [3.05, 3.63) is 29.1 Å². The van der Waals surface area contributed by atoms with Crippen molar-refractivity contribution in [1.82, 2.24) is 4.90 Å². The van der Waals surface area contributed by atoms with Gasteiger partial charge in [0.2, 0.25) is 17.8 Å². The summed E-state index contributed by atoms with van der Waals surface area (Å²) in [6, 6.07) is 1.16. The molecule has 1 aliphatic carbocycles. The molecule has 1 fully saturated rings. The van der Waals surface area contributed by atoms with E-state index < -0.39 is 11.7 Å². The van der Waals surface area contributed by atoms with Crippen molar-refractivity contribution in [3.63, 3.8) is 0 Å². The zero-order chi connectivity index (χ0) is 17.5. The van der Waals surface area contributed by atoms with Gasteiger partial charge >= 0.3 is 6.18 Å². The Hall–Kier alpha value is -1.83. The third kappa shape index (κ3) is 3.19. The number of carbonyl (C=O) groups excluding carboxylic acids is 1. The minimum absolute atomic E-state index is 0.00465. The zero-order valence-electron chi connectivity index (χ0n) is 13.5. The highest BCUT2D eigenvalue weighted by atomic mass is 19.4. The van der Waals surface area contributed by atoms with Gasteiger partial charge in [0, 0.05) is 28.8 Å². The number of amides is 1. The maximum Gasteiger partial charge on any atom is 0.422 e. The number of aromatic nitrogens is 1. The Labute approximate surface area is 138 Å². The molecule has 132 valence electrons. The van der Waals surface area contributed by atoms with Crippen LogP contribution in [0.5, 0.6) is 0 Å². The van der Waals surface area contributed by atoms with Gasteiger partial charge in [-0.3, -0.25) is 9.63 Å². The van der Waals surface area contributed by atoms with E-state index in [-0.39, 0.29) is 24.4 Å². The van der Waals surface area contributed by atoms with Crippen LogP contribution in [0.25, 0.3) is 0 Å². The first-order valence-corrected chi connectivity index (χ1v) is 8.03. The van der Waals surface area contributed by atoms with Crippen LogP contribution in [-0.4, -0.2) is 30.5 Å². The number of pyridine rings is 1. The van der Waals surface area contributed by atoms with Crippen LogP contribution in [0, 0.1) is 5.92 Å². The molecule has 1 aromatic heterocycles. The Kier molecular flexibility index (Phi) is 4.42. The van der Waals surface area contributed by atoms with Gasteiger partial charge in [-0.2, -0.15) is 13.2 Å². The summed E-state index contributed by atoms with van der Waals surface area (Å²) in [5.41, 5.74) is 6.24. The summed E-state index contributed by atoms with van der Waals surface area (Å²) in [6.07, 6.45) is -0.812. The molecule has 2 aliphatic rings. The second-order valence-electron chi connectivity index (χ2n) is 6.49. The van der Waals surface area contributed by atoms with Crippen molar-refractivity contribution < 1.29 is 27.5 Å². The number of nitrogens with zero attached hydrogens (tertiary/aromatic N) is 2. The van der Waals surface area contributed by atoms with E-state index in [9.17, 15) is 18.0 Å². The predicted molar refractivity (Wildman–Crippen MR) is 78.6 cm³/mol. The molecule has 2 heterocycles. The molecule has 8 heteroatoms. The largest absolute Gasteiger partial charge is 0.422 e. The number of hydrogen-bond donors (Lipinski definition) is 1. The molecule has 2 N–H and O–H groups in total. The standard InChI is InChI=1S/C16H21F3N3O2/c1-24-22-9-12(16(17,18)19)6-11-8-21(5-4-14(11)22)15(23)10-2-3-13(20)7-10/h6,9-10,13H,2-5,7-8,20H2,1H3/q+1/t10-,13+/m0/s1. The highest BCUT2D eigenvalue weighted by molar-refractivity contribution is 5.79. The number of rotatable bonds is 2. The molecule has 0 spiro atoms. The zero-order valence-corrected chi connectivity index (χ0v) is 13.5. The fourth-order valence-corrected chi connectivity index (χ4v) is 3.59. The van der Waals surface area contributed by atoms with Gasteiger partial charge in [0.25, 0.3) is 0 Å². The molecule has 0 bridgehead atoms. The number of carbonyl (C=O) groups is 1. The summed E-state index contributed by atoms with van der Waals surface area (Å²) in [5.74, 6) is -0.114. The van der Waals surface area contributed by atoms with Crippen LogP contribution in [0.3, 0.4) is 0 Å². The van der Waals surface area contributed by atoms with Crippen LogP contribution in [0.2, 0.25) is 0 Å². The first kappa shape index (κ1) is 17.0. The van der Waals surface area contributed by atoms with Crippen LogP contribution in [0.15, 0.2) is 12.3 Å². The average Bonchev–Trinajstić information content (AvgIpc) is 2.98. The summed E-state index contributed by atoms with van der Waals surface area (Å²) in [5, 5.41) is 0. The van der Waals surface area contributed by atoms with Crippen LogP contribution < -0.4 is 15.3 Å². The summed E-state index contributed by atoms with van der Waals surface area (Å²) >= 11 is 0. The minimum atomic E-state index is -4.46. The Bertz CT molecular complexity index is 648. The molecule has 0 aromatic carbocycles. The SMILES string of the molecule is CO[n+]1cc(C(F)(F)F)cc2c1CCN(C(=O)[C@H]1CC[C@@H](N)C1)C2. The predicted octanol–water partition coefficient (Wildman–Crippen LogP) is 1.06. The maximum atomic E-state index is 13.1. The summed E-state index contributed by atoms with van der Waals surface area (Å²) in [6.45, 7) is 0.652. The van der Waals surface area contributed by atoms with Crippen molar-refractivity contribution >= 4 is 5.91 Å². The van der Waals surface area contributed by atoms with E-state index in [1.807, 2.05) is 0 Å². The van der Waals surface area contributed by atoms with Crippen molar-refractivity contribution in [3.8, 4) is 0 Å². The summed E-state index contributed by atoms with van der Waals surface area (Å²) in [4.78, 5) is 19.3. The lowest BCUT2D eigenvalue weighted by Crippen LogP contribution is -2.50. The summed E-state index contributed by atoms with van der Waals surface area (Å²) < 4.78 is 40.3. The third-order valence-corrected chi connectivity index (χ3v) is 4.86. The minimum Gasteiger partial charge on any atom is -0.337 e. The molecule has 2 atom stereocenters. The van der Waals surface area contributed by atoms with Gasteiger partial charge in [-0.15, -0.1) is 0 Å². The van der Waals surface area contributed by atoms with Gasteiger partial charge in [-0.05, 0) is 25.3 Å². The van der Waals surface area contributed by atoms with Gasteiger partial charge in [0.05, 0.1) is 13.0 Å². The smallest absolute Gasteiger partial charge is 0.337 e. The molecule has 1 amide bonds. The molecule has 1 saturated carbocycles. The fourth-order valence-electron chi connectivity index (χ4n) is 3.59. The third-order valence-electron chi connectivity index (χ3n) is 4.86. The van der Waals surface area contributed by atoms with Crippen molar-refractivity contribution in [2.24, 2.45) is 11.7 Å². The Morgan fingerprint density at radius 1 is 1.42 bits per heavy atom. The van der Waals surface area contributed by atoms with E-state index >= 15 is 0 Å². The van der Waals surface area contributed by atoms with Crippen molar-refractivity contribution in [2.75, 3.05) is 13.7 Å². The molecule has 24 heavy (non-hydrogen) atoms. The summed E-state index contributed by atoms with van der Waals surface area (Å²) in [7, 11) is 1.33. The lowest BCUT2D eigenvalue weighted by atomic mass is 10.00. The van der Waals surface area contributed by atoms with E-state index in [1.165, 1.54) is 7.11 Å². The van der Waals surface area contributed by atoms with Crippen molar-refractivity contribution in [1.29, 1.82) is 0 Å². The van der Waals surface area contributed by atoms with Crippen LogP contribution in [-0.2, 0) is 23.9 Å². The Morgan fingerprint density at radius 2 is 2.17 bits per heavy atom. The second kappa shape index (κ2) is 6.23. The first-order valence-electron chi connectivity index (χ1n) is 8.03. The fraction of sp³-hybridized carbons (Fsp3) is 0.625. The quantitative estimate of drug-likeness (QED) is 0.817. The lowest BCUT2D eigenvalue weighted by molar-refractivity contribution is -0.891. The number of halogens is 3. The number of nitrogens with two attached hydrogens (primary N) is 1. The van der Waals surface area contributed by atoms with Crippen LogP contribution in [0.4, 0.5) is 13.2 Å². The van der Waals surface area contributed by atoms with Gasteiger partial charge in [0.15, 0.2) is 0 Å². The van der Waals surface area contributed by atoms with Crippen LogP contribution in [0.1, 0.15) is 36.1 Å². The van der Waals surface area contributed by atoms with Gasteiger partial charge in [-0.25, -0.2) is 0 Å². The number of hydrogen-bond acceptors (Lipinski definition) is 3. The molecule has 1 aliphatic heterocycles. The van der Waals surface area contributed by atoms with E-state index in [0.717, 1.165) is 29.8 Å². The van der Waals surface area contributed by atoms with Crippen molar-refractivity contribution in [2.45, 2.75) is 44.4 Å². The molecule has 3 rings (SSSR count). The van der Waals surface area contributed by atoms with Gasteiger partial charge < -0.3 is 10.6 Å². The second-order valence-corrected chi connectivity index (χ2v) is 6.49. The molecular formula is C16H21F3N3O2+. The van der Waals surface area contributed by atoms with E-state index in [4.69, 9.17) is 10.6 Å². The Balaban J connectivity index is 1.85. The van der Waals surface area contributed by atoms with Gasteiger partial charge in [0.1, 0.15) is 12.7 Å². The first-order chi connectivity index (χ1) is 11.3. The average molecular weight is 344 g/mol. The topological polar surface area (TPSA) is 59.4 Å². The number of alkyl halides is 3. The molecular weight excluding hydrogens is 323 g/mol. The molecule has 0 radical (unpaired) electrons. The maximum absolute atomic E-state index is 13.1. The van der Waals surface area contributed by atoms with E-state index in [2.05, 4.69) is 0 Å². The molecule has 1 aromatic rings. The normalized spacial score (nSPS) is 24.0. The highest BCUT2D eigenvalue weighted by Gasteiger charge is 2.39. The van der Waals surface area contributed by atoms with Gasteiger partial charge in [-0.1, -0.05) is 0 Å².